The SMILES string of the molecule is CCS(=O)(=O)N1CCN(C(=O)c2csnn2)CC1. The minimum Gasteiger partial charge on any atom is -0.335 e. The van der Waals surface area contributed by atoms with Gasteiger partial charge in [0.1, 0.15) is 0 Å². The zero-order valence-electron chi connectivity index (χ0n) is 9.94. The Morgan fingerprint density at radius 3 is 2.56 bits per heavy atom. The van der Waals surface area contributed by atoms with Gasteiger partial charge in [0, 0.05) is 31.6 Å². The van der Waals surface area contributed by atoms with Crippen molar-refractivity contribution in [1.29, 1.82) is 0 Å². The third-order valence-corrected chi connectivity index (χ3v) is 5.25. The van der Waals surface area contributed by atoms with Crippen molar-refractivity contribution in [2.75, 3.05) is 31.9 Å². The van der Waals surface area contributed by atoms with Crippen molar-refractivity contribution in [3.05, 3.63) is 11.1 Å². The van der Waals surface area contributed by atoms with E-state index in [1.807, 2.05) is 0 Å². The van der Waals surface area contributed by atoms with Crippen molar-refractivity contribution >= 4 is 27.5 Å². The van der Waals surface area contributed by atoms with Crippen LogP contribution in [-0.2, 0) is 10.0 Å². The fourth-order valence-electron chi connectivity index (χ4n) is 1.77. The molecule has 1 aliphatic rings. The molecule has 18 heavy (non-hydrogen) atoms. The highest BCUT2D eigenvalue weighted by Crippen LogP contribution is 2.11. The molecule has 0 radical (unpaired) electrons. The molecule has 1 aromatic rings. The second-order valence-electron chi connectivity index (χ2n) is 3.88. The zero-order chi connectivity index (χ0) is 13.2. The largest absolute Gasteiger partial charge is 0.335 e. The second kappa shape index (κ2) is 5.29. The second-order valence-corrected chi connectivity index (χ2v) is 6.75. The molecule has 1 saturated heterocycles. The summed E-state index contributed by atoms with van der Waals surface area (Å²) in [7, 11) is -3.15. The third-order valence-electron chi connectivity index (χ3n) is 2.86. The average Bonchev–Trinajstić information content (AvgIpc) is 2.92. The van der Waals surface area contributed by atoms with Crippen LogP contribution in [0.25, 0.3) is 0 Å². The lowest BCUT2D eigenvalue weighted by Crippen LogP contribution is -2.50. The van der Waals surface area contributed by atoms with Crippen molar-refractivity contribution < 1.29 is 13.2 Å². The van der Waals surface area contributed by atoms with Crippen LogP contribution in [0.5, 0.6) is 0 Å². The molecule has 2 heterocycles. The first-order chi connectivity index (χ1) is 8.54. The summed E-state index contributed by atoms with van der Waals surface area (Å²) in [6.07, 6.45) is 0. The number of amides is 1. The van der Waals surface area contributed by atoms with Gasteiger partial charge >= 0.3 is 0 Å². The van der Waals surface area contributed by atoms with Gasteiger partial charge in [-0.15, -0.1) is 5.10 Å². The average molecular weight is 290 g/mol. The Bertz CT molecular complexity index is 506. The number of aromatic nitrogens is 2. The smallest absolute Gasteiger partial charge is 0.275 e. The van der Waals surface area contributed by atoms with Crippen molar-refractivity contribution in [3.63, 3.8) is 0 Å². The number of sulfonamides is 1. The molecule has 2 rings (SSSR count). The summed E-state index contributed by atoms with van der Waals surface area (Å²) in [6.45, 7) is 3.11. The van der Waals surface area contributed by atoms with Crippen molar-refractivity contribution in [3.8, 4) is 0 Å². The summed E-state index contributed by atoms with van der Waals surface area (Å²) in [5.74, 6) is -0.0889. The van der Waals surface area contributed by atoms with Crippen molar-refractivity contribution in [2.24, 2.45) is 0 Å². The number of carbonyl (C=O) groups is 1. The monoisotopic (exact) mass is 290 g/mol. The molecule has 0 aliphatic carbocycles. The van der Waals surface area contributed by atoms with Crippen LogP contribution in [0.3, 0.4) is 0 Å². The Kier molecular flexibility index (Phi) is 3.93. The number of hydrogen-bond donors (Lipinski definition) is 0. The van der Waals surface area contributed by atoms with Crippen LogP contribution in [0.4, 0.5) is 0 Å². The predicted octanol–water partition coefficient (Wildman–Crippen LogP) is -0.354. The molecule has 0 unspecified atom stereocenters. The van der Waals surface area contributed by atoms with E-state index in [9.17, 15) is 13.2 Å². The van der Waals surface area contributed by atoms with E-state index in [4.69, 9.17) is 0 Å². The number of carbonyl (C=O) groups excluding carboxylic acids is 1. The molecule has 1 aliphatic heterocycles. The van der Waals surface area contributed by atoms with Gasteiger partial charge in [-0.25, -0.2) is 8.42 Å². The molecular formula is C9H14N4O3S2. The third kappa shape index (κ3) is 2.68. The normalized spacial score (nSPS) is 17.9. The van der Waals surface area contributed by atoms with Gasteiger partial charge in [-0.2, -0.15) is 4.31 Å². The van der Waals surface area contributed by atoms with Crippen molar-refractivity contribution in [2.45, 2.75) is 6.92 Å². The lowest BCUT2D eigenvalue weighted by atomic mass is 10.3. The van der Waals surface area contributed by atoms with E-state index < -0.39 is 10.0 Å². The first-order valence-electron chi connectivity index (χ1n) is 5.58. The maximum atomic E-state index is 11.9. The van der Waals surface area contributed by atoms with Crippen LogP contribution in [-0.4, -0.2) is 65.0 Å². The zero-order valence-corrected chi connectivity index (χ0v) is 11.6. The van der Waals surface area contributed by atoms with Gasteiger partial charge in [0.15, 0.2) is 5.69 Å². The van der Waals surface area contributed by atoms with Crippen LogP contribution < -0.4 is 0 Å². The molecule has 0 N–H and O–H groups in total. The Labute approximate surface area is 110 Å². The van der Waals surface area contributed by atoms with E-state index in [1.165, 1.54) is 4.31 Å². The Hall–Kier alpha value is -1.06. The Morgan fingerprint density at radius 1 is 1.39 bits per heavy atom. The first kappa shape index (κ1) is 13.4. The highest BCUT2D eigenvalue weighted by molar-refractivity contribution is 7.89. The topological polar surface area (TPSA) is 83.5 Å². The molecule has 0 atom stereocenters. The molecule has 0 saturated carbocycles. The molecule has 0 aromatic carbocycles. The van der Waals surface area contributed by atoms with Gasteiger partial charge in [0.25, 0.3) is 5.91 Å². The van der Waals surface area contributed by atoms with Crippen LogP contribution in [0.1, 0.15) is 17.4 Å². The first-order valence-corrected chi connectivity index (χ1v) is 8.03. The maximum absolute atomic E-state index is 11.9. The summed E-state index contributed by atoms with van der Waals surface area (Å²) in [5.41, 5.74) is 0.326. The molecule has 100 valence electrons. The fourth-order valence-corrected chi connectivity index (χ4v) is 3.29. The minimum absolute atomic E-state index is 0.0942. The van der Waals surface area contributed by atoms with Gasteiger partial charge in [-0.3, -0.25) is 4.79 Å². The van der Waals surface area contributed by atoms with Gasteiger partial charge in [0.2, 0.25) is 10.0 Å². The molecule has 0 spiro atoms. The summed E-state index contributed by atoms with van der Waals surface area (Å²) in [5, 5.41) is 5.32. The van der Waals surface area contributed by atoms with Gasteiger partial charge in [-0.1, -0.05) is 4.49 Å². The van der Waals surface area contributed by atoms with Gasteiger partial charge in [-0.05, 0) is 18.5 Å². The number of nitrogens with zero attached hydrogens (tertiary/aromatic N) is 4. The lowest BCUT2D eigenvalue weighted by molar-refractivity contribution is 0.0692. The minimum atomic E-state index is -3.15. The maximum Gasteiger partial charge on any atom is 0.275 e. The molecule has 1 fully saturated rings. The van der Waals surface area contributed by atoms with E-state index >= 15 is 0 Å². The molecular weight excluding hydrogens is 276 g/mol. The number of piperazine rings is 1. The molecule has 9 heteroatoms. The summed E-state index contributed by atoms with van der Waals surface area (Å²) >= 11 is 1.13. The van der Waals surface area contributed by atoms with E-state index in [0.717, 1.165) is 11.5 Å². The quantitative estimate of drug-likeness (QED) is 0.759. The molecule has 7 nitrogen and oxygen atoms in total. The van der Waals surface area contributed by atoms with E-state index in [-0.39, 0.29) is 11.7 Å². The molecule has 1 amide bonds. The van der Waals surface area contributed by atoms with E-state index in [2.05, 4.69) is 9.59 Å². The summed E-state index contributed by atoms with van der Waals surface area (Å²) in [4.78, 5) is 13.6. The van der Waals surface area contributed by atoms with Crippen molar-refractivity contribution in [1.82, 2.24) is 18.8 Å². The molecule has 1 aromatic heterocycles. The van der Waals surface area contributed by atoms with Gasteiger partial charge < -0.3 is 4.90 Å². The van der Waals surface area contributed by atoms with Crippen LogP contribution in [0, 0.1) is 0 Å². The fraction of sp³-hybridized carbons (Fsp3) is 0.667. The Balaban J connectivity index is 1.97. The lowest BCUT2D eigenvalue weighted by Gasteiger charge is -2.33. The van der Waals surface area contributed by atoms with Gasteiger partial charge in [0.05, 0.1) is 5.75 Å². The highest BCUT2D eigenvalue weighted by Gasteiger charge is 2.28. The summed E-state index contributed by atoms with van der Waals surface area (Å²) in [6, 6.07) is 0. The number of hydrogen-bond acceptors (Lipinski definition) is 6. The predicted molar refractivity (Wildman–Crippen MR) is 66.8 cm³/mol. The van der Waals surface area contributed by atoms with Crippen LogP contribution in [0.15, 0.2) is 5.38 Å². The van der Waals surface area contributed by atoms with E-state index in [0.29, 0.717) is 31.9 Å². The molecule has 0 bridgehead atoms. The standard InChI is InChI=1S/C9H14N4O3S2/c1-2-18(15,16)13-5-3-12(4-6-13)9(14)8-7-17-11-10-8/h7H,2-6H2,1H3. The summed E-state index contributed by atoms with van der Waals surface area (Å²) < 4.78 is 28.4. The van der Waals surface area contributed by atoms with Crippen LogP contribution in [0.2, 0.25) is 0 Å². The van der Waals surface area contributed by atoms with Crippen LogP contribution >= 0.6 is 11.5 Å². The van der Waals surface area contributed by atoms with E-state index in [1.54, 1.807) is 17.2 Å². The Morgan fingerprint density at radius 2 is 2.06 bits per heavy atom. The highest BCUT2D eigenvalue weighted by atomic mass is 32.2. The number of rotatable bonds is 3.